The van der Waals surface area contributed by atoms with Crippen molar-refractivity contribution in [3.63, 3.8) is 0 Å². The number of rotatable bonds is 6. The predicted octanol–water partition coefficient (Wildman–Crippen LogP) is 1.74. The molecule has 4 heteroatoms. The van der Waals surface area contributed by atoms with E-state index < -0.39 is 0 Å². The van der Waals surface area contributed by atoms with Gasteiger partial charge in [-0.05, 0) is 26.3 Å². The summed E-state index contributed by atoms with van der Waals surface area (Å²) in [6.45, 7) is 10.3. The molecule has 1 heterocycles. The Morgan fingerprint density at radius 2 is 2.06 bits per heavy atom. The molecule has 0 amide bonds. The Kier molecular flexibility index (Phi) is 4.80. The molecule has 0 spiro atoms. The first-order valence-corrected chi connectivity index (χ1v) is 5.87. The minimum absolute atomic E-state index is 0.161. The molecular weight excluding hydrogens is 202 g/mol. The van der Waals surface area contributed by atoms with Crippen molar-refractivity contribution >= 4 is 0 Å². The van der Waals surface area contributed by atoms with Crippen molar-refractivity contribution in [2.75, 3.05) is 13.1 Å². The number of aromatic nitrogens is 2. The van der Waals surface area contributed by atoms with E-state index in [1.165, 1.54) is 0 Å². The quantitative estimate of drug-likeness (QED) is 0.801. The minimum atomic E-state index is 0.161. The third kappa shape index (κ3) is 4.23. The highest BCUT2D eigenvalue weighted by molar-refractivity contribution is 5.14. The van der Waals surface area contributed by atoms with Crippen molar-refractivity contribution in [2.24, 2.45) is 13.0 Å². The molecule has 0 bridgehead atoms. The molecule has 0 saturated carbocycles. The van der Waals surface area contributed by atoms with Crippen LogP contribution in [0.25, 0.3) is 0 Å². The third-order valence-corrected chi connectivity index (χ3v) is 2.27. The van der Waals surface area contributed by atoms with Crippen LogP contribution in [-0.4, -0.2) is 29.0 Å². The molecule has 92 valence electrons. The second kappa shape index (κ2) is 5.89. The van der Waals surface area contributed by atoms with Gasteiger partial charge in [-0.15, -0.1) is 0 Å². The second-order valence-electron chi connectivity index (χ2n) is 4.73. The summed E-state index contributed by atoms with van der Waals surface area (Å²) in [7, 11) is 1.90. The molecule has 1 N–H and O–H groups in total. The number of aryl methyl sites for hydroxylation is 2. The van der Waals surface area contributed by atoms with Gasteiger partial charge in [-0.3, -0.25) is 0 Å². The van der Waals surface area contributed by atoms with Gasteiger partial charge < -0.3 is 10.1 Å². The number of hydrogen-bond donors (Lipinski definition) is 1. The van der Waals surface area contributed by atoms with Crippen LogP contribution in [0, 0.1) is 12.8 Å². The maximum absolute atomic E-state index is 5.79. The topological polar surface area (TPSA) is 39.1 Å². The van der Waals surface area contributed by atoms with Crippen LogP contribution in [0.5, 0.6) is 5.88 Å². The molecule has 0 radical (unpaired) electrons. The van der Waals surface area contributed by atoms with Crippen LogP contribution in [0.2, 0.25) is 0 Å². The Labute approximate surface area is 98.0 Å². The summed E-state index contributed by atoms with van der Waals surface area (Å²) in [6.07, 6.45) is 0.161. The van der Waals surface area contributed by atoms with Gasteiger partial charge in [0.25, 0.3) is 0 Å². The molecule has 0 aliphatic carbocycles. The lowest BCUT2D eigenvalue weighted by atomic mass is 10.2. The maximum Gasteiger partial charge on any atom is 0.212 e. The smallest absolute Gasteiger partial charge is 0.212 e. The third-order valence-electron chi connectivity index (χ3n) is 2.27. The van der Waals surface area contributed by atoms with E-state index in [4.69, 9.17) is 4.74 Å². The Hall–Kier alpha value is -1.03. The zero-order valence-electron chi connectivity index (χ0n) is 10.9. The second-order valence-corrected chi connectivity index (χ2v) is 4.73. The molecule has 4 nitrogen and oxygen atoms in total. The van der Waals surface area contributed by atoms with E-state index >= 15 is 0 Å². The Balaban J connectivity index is 2.34. The summed E-state index contributed by atoms with van der Waals surface area (Å²) >= 11 is 0. The average molecular weight is 225 g/mol. The lowest BCUT2D eigenvalue weighted by Crippen LogP contribution is -2.31. The molecule has 1 atom stereocenters. The fourth-order valence-electron chi connectivity index (χ4n) is 1.52. The molecule has 1 unspecified atom stereocenters. The monoisotopic (exact) mass is 225 g/mol. The number of nitrogens with zero attached hydrogens (tertiary/aromatic N) is 2. The van der Waals surface area contributed by atoms with Crippen LogP contribution >= 0.6 is 0 Å². The van der Waals surface area contributed by atoms with Gasteiger partial charge in [0.1, 0.15) is 6.10 Å². The first kappa shape index (κ1) is 13.0. The lowest BCUT2D eigenvalue weighted by molar-refractivity contribution is 0.198. The van der Waals surface area contributed by atoms with Gasteiger partial charge in [0.05, 0.1) is 5.69 Å². The lowest BCUT2D eigenvalue weighted by Gasteiger charge is -2.15. The molecule has 0 fully saturated rings. The highest BCUT2D eigenvalue weighted by Gasteiger charge is 2.08. The Bertz CT molecular complexity index is 320. The summed E-state index contributed by atoms with van der Waals surface area (Å²) < 4.78 is 7.56. The Morgan fingerprint density at radius 3 is 2.56 bits per heavy atom. The van der Waals surface area contributed by atoms with E-state index in [2.05, 4.69) is 31.2 Å². The molecule has 1 aromatic rings. The summed E-state index contributed by atoms with van der Waals surface area (Å²) in [4.78, 5) is 0. The van der Waals surface area contributed by atoms with E-state index in [1.807, 2.05) is 20.0 Å². The Morgan fingerprint density at radius 1 is 1.38 bits per heavy atom. The van der Waals surface area contributed by atoms with Gasteiger partial charge in [-0.1, -0.05) is 13.8 Å². The number of hydrogen-bond acceptors (Lipinski definition) is 3. The summed E-state index contributed by atoms with van der Waals surface area (Å²) in [5.41, 5.74) is 0.986. The first-order valence-electron chi connectivity index (χ1n) is 5.87. The molecular formula is C12H23N3O. The van der Waals surface area contributed by atoms with Crippen LogP contribution in [-0.2, 0) is 7.05 Å². The van der Waals surface area contributed by atoms with E-state index in [0.717, 1.165) is 24.7 Å². The van der Waals surface area contributed by atoms with Crippen molar-refractivity contribution < 1.29 is 4.74 Å². The standard InChI is InChI=1S/C12H23N3O/c1-9(2)7-13-8-11(4)16-12-6-10(3)14-15(12)5/h6,9,11,13H,7-8H2,1-5H3. The van der Waals surface area contributed by atoms with Gasteiger partial charge in [0, 0.05) is 19.7 Å². The van der Waals surface area contributed by atoms with Crippen LogP contribution in [0.15, 0.2) is 6.07 Å². The summed E-state index contributed by atoms with van der Waals surface area (Å²) in [6, 6.07) is 1.96. The van der Waals surface area contributed by atoms with E-state index in [-0.39, 0.29) is 6.10 Å². The maximum atomic E-state index is 5.79. The molecule has 0 aromatic carbocycles. The van der Waals surface area contributed by atoms with E-state index in [9.17, 15) is 0 Å². The highest BCUT2D eigenvalue weighted by Crippen LogP contribution is 2.12. The van der Waals surface area contributed by atoms with Crippen molar-refractivity contribution in [1.82, 2.24) is 15.1 Å². The van der Waals surface area contributed by atoms with Crippen molar-refractivity contribution in [3.8, 4) is 5.88 Å². The van der Waals surface area contributed by atoms with Crippen molar-refractivity contribution in [2.45, 2.75) is 33.8 Å². The van der Waals surface area contributed by atoms with Gasteiger partial charge in [0.2, 0.25) is 5.88 Å². The van der Waals surface area contributed by atoms with Crippen LogP contribution in [0.4, 0.5) is 0 Å². The average Bonchev–Trinajstić information content (AvgIpc) is 2.44. The van der Waals surface area contributed by atoms with E-state index in [0.29, 0.717) is 5.92 Å². The summed E-state index contributed by atoms with van der Waals surface area (Å²) in [5.74, 6) is 1.50. The highest BCUT2D eigenvalue weighted by atomic mass is 16.5. The molecule has 0 aliphatic rings. The van der Waals surface area contributed by atoms with Crippen LogP contribution in [0.3, 0.4) is 0 Å². The largest absolute Gasteiger partial charge is 0.473 e. The molecule has 0 saturated heterocycles. The van der Waals surface area contributed by atoms with E-state index in [1.54, 1.807) is 4.68 Å². The molecule has 16 heavy (non-hydrogen) atoms. The minimum Gasteiger partial charge on any atom is -0.473 e. The van der Waals surface area contributed by atoms with Crippen LogP contribution in [0.1, 0.15) is 26.5 Å². The molecule has 0 aliphatic heterocycles. The van der Waals surface area contributed by atoms with Gasteiger partial charge in [0.15, 0.2) is 0 Å². The molecule has 1 aromatic heterocycles. The van der Waals surface area contributed by atoms with Crippen LogP contribution < -0.4 is 10.1 Å². The normalized spacial score (nSPS) is 13.1. The van der Waals surface area contributed by atoms with Gasteiger partial charge in [-0.2, -0.15) is 5.10 Å². The fraction of sp³-hybridized carbons (Fsp3) is 0.750. The SMILES string of the molecule is Cc1cc(OC(C)CNCC(C)C)n(C)n1. The van der Waals surface area contributed by atoms with Crippen molar-refractivity contribution in [3.05, 3.63) is 11.8 Å². The fourth-order valence-corrected chi connectivity index (χ4v) is 1.52. The van der Waals surface area contributed by atoms with Gasteiger partial charge >= 0.3 is 0 Å². The molecule has 1 rings (SSSR count). The number of ether oxygens (including phenoxy) is 1. The zero-order chi connectivity index (χ0) is 12.1. The summed E-state index contributed by atoms with van der Waals surface area (Å²) in [5, 5.41) is 7.62. The van der Waals surface area contributed by atoms with Gasteiger partial charge in [-0.25, -0.2) is 4.68 Å². The zero-order valence-corrected chi connectivity index (χ0v) is 10.9. The van der Waals surface area contributed by atoms with Crippen molar-refractivity contribution in [1.29, 1.82) is 0 Å². The predicted molar refractivity (Wildman–Crippen MR) is 65.7 cm³/mol. The first-order chi connectivity index (χ1) is 7.49. The number of nitrogens with one attached hydrogen (secondary N) is 1.